The van der Waals surface area contributed by atoms with Crippen molar-refractivity contribution in [1.82, 2.24) is 10.2 Å². The maximum absolute atomic E-state index is 13.5. The molecule has 2 aromatic rings. The van der Waals surface area contributed by atoms with Gasteiger partial charge in [0, 0.05) is 17.5 Å². The first-order valence-corrected chi connectivity index (χ1v) is 11.7. The number of thiol groups is 1. The Hall–Kier alpha value is -3.90. The van der Waals surface area contributed by atoms with E-state index in [0.29, 0.717) is 17.0 Å². The molecular weight excluding hydrogens is 478 g/mol. The van der Waals surface area contributed by atoms with Gasteiger partial charge in [-0.3, -0.25) is 14.5 Å². The van der Waals surface area contributed by atoms with Crippen LogP contribution in [0.3, 0.4) is 0 Å². The number of benzene rings is 2. The molecule has 2 atom stereocenters. The summed E-state index contributed by atoms with van der Waals surface area (Å²) in [6, 6.07) is 13.6. The van der Waals surface area contributed by atoms with Crippen molar-refractivity contribution in [2.45, 2.75) is 38.5 Å². The Balaban J connectivity index is 2.42. The van der Waals surface area contributed by atoms with Gasteiger partial charge in [-0.1, -0.05) is 37.3 Å². The minimum Gasteiger partial charge on any atom is -0.497 e. The molecule has 2 N–H and O–H groups in total. The summed E-state index contributed by atoms with van der Waals surface area (Å²) in [7, 11) is 1.54. The quantitative estimate of drug-likeness (QED) is 0.267. The Labute approximate surface area is 217 Å². The van der Waals surface area contributed by atoms with Crippen LogP contribution in [-0.2, 0) is 14.3 Å². The number of hydrogen-bond donors (Lipinski definition) is 3. The summed E-state index contributed by atoms with van der Waals surface area (Å²) in [6.07, 6.45) is 6.56. The second-order valence-electron chi connectivity index (χ2n) is 8.71. The lowest BCUT2D eigenvalue weighted by molar-refractivity contribution is -0.136. The Kier molecular flexibility index (Phi) is 10.00. The van der Waals surface area contributed by atoms with E-state index in [2.05, 4.69) is 35.9 Å². The van der Waals surface area contributed by atoms with Gasteiger partial charge in [0.1, 0.15) is 23.4 Å². The van der Waals surface area contributed by atoms with E-state index in [0.717, 1.165) is 10.5 Å². The van der Waals surface area contributed by atoms with E-state index in [1.165, 1.54) is 7.11 Å². The van der Waals surface area contributed by atoms with E-state index in [1.807, 2.05) is 0 Å². The lowest BCUT2D eigenvalue weighted by Gasteiger charge is -2.30. The predicted octanol–water partition coefficient (Wildman–Crippen LogP) is 4.26. The number of ether oxygens (including phenoxy) is 2. The number of carbonyl (C=O) groups excluding carboxylic acids is 3. The normalized spacial score (nSPS) is 12.3. The van der Waals surface area contributed by atoms with Crippen LogP contribution in [0.4, 0.5) is 10.5 Å². The van der Waals surface area contributed by atoms with E-state index in [1.54, 1.807) is 75.4 Å². The average molecular weight is 510 g/mol. The molecular formula is C27H31N3O5S. The number of anilines is 1. The molecule has 0 bridgehead atoms. The minimum absolute atomic E-state index is 0.0736. The highest BCUT2D eigenvalue weighted by molar-refractivity contribution is 7.80. The van der Waals surface area contributed by atoms with Gasteiger partial charge in [0.05, 0.1) is 7.11 Å². The zero-order chi connectivity index (χ0) is 26.9. The molecule has 9 heteroatoms. The molecule has 0 aliphatic carbocycles. The summed E-state index contributed by atoms with van der Waals surface area (Å²) >= 11 is 4.20. The summed E-state index contributed by atoms with van der Waals surface area (Å²) in [4.78, 5) is 40.2. The molecule has 0 saturated heterocycles. The lowest BCUT2D eigenvalue weighted by atomic mass is 10.0. The van der Waals surface area contributed by atoms with Crippen LogP contribution < -0.4 is 15.4 Å². The van der Waals surface area contributed by atoms with Crippen LogP contribution in [0, 0.1) is 12.5 Å². The average Bonchev–Trinajstić information content (AvgIpc) is 2.84. The van der Waals surface area contributed by atoms with Gasteiger partial charge in [-0.25, -0.2) is 4.79 Å². The number of nitrogens with zero attached hydrogens (tertiary/aromatic N) is 1. The van der Waals surface area contributed by atoms with Gasteiger partial charge in [0.15, 0.2) is 0 Å². The third-order valence-corrected chi connectivity index (χ3v) is 5.24. The van der Waals surface area contributed by atoms with E-state index in [-0.39, 0.29) is 5.75 Å². The smallest absolute Gasteiger partial charge is 0.408 e. The van der Waals surface area contributed by atoms with Crippen molar-refractivity contribution in [2.24, 2.45) is 0 Å². The van der Waals surface area contributed by atoms with Crippen molar-refractivity contribution < 1.29 is 23.9 Å². The molecule has 36 heavy (non-hydrogen) atoms. The second-order valence-corrected chi connectivity index (χ2v) is 9.08. The van der Waals surface area contributed by atoms with E-state index >= 15 is 0 Å². The van der Waals surface area contributed by atoms with Crippen LogP contribution in [0.1, 0.15) is 37.9 Å². The highest BCUT2D eigenvalue weighted by Crippen LogP contribution is 2.26. The second kappa shape index (κ2) is 12.7. The number of methoxy groups -OCH3 is 1. The minimum atomic E-state index is -1.22. The fourth-order valence-corrected chi connectivity index (χ4v) is 3.47. The summed E-state index contributed by atoms with van der Waals surface area (Å²) in [5, 5.41) is 5.27. The molecule has 2 unspecified atom stereocenters. The van der Waals surface area contributed by atoms with Gasteiger partial charge < -0.3 is 20.1 Å². The monoisotopic (exact) mass is 509 g/mol. The number of nitrogens with one attached hydrogen (secondary N) is 2. The van der Waals surface area contributed by atoms with Crippen LogP contribution in [0.25, 0.3) is 6.08 Å². The molecule has 0 aromatic heterocycles. The topological polar surface area (TPSA) is 97.0 Å². The van der Waals surface area contributed by atoms with Crippen molar-refractivity contribution >= 4 is 42.3 Å². The number of rotatable bonds is 9. The predicted molar refractivity (Wildman–Crippen MR) is 144 cm³/mol. The Morgan fingerprint density at radius 3 is 2.39 bits per heavy atom. The SMILES string of the molecule is C#CN(C(=O)C(CS)NC(=O)OC(C)(C)C)C(C(=O)Nc1ccc(OC)cc1)c1cccc(C=C)c1. The molecule has 3 amide bonds. The number of terminal acetylenes is 1. The fourth-order valence-electron chi connectivity index (χ4n) is 3.23. The molecule has 0 radical (unpaired) electrons. The largest absolute Gasteiger partial charge is 0.497 e. The van der Waals surface area contributed by atoms with E-state index < -0.39 is 35.6 Å². The standard InChI is InChI=1S/C27H31N3O5S/c1-7-18-10-9-11-19(16-18)23(24(31)28-20-12-14-21(34-6)15-13-20)30(8-2)25(32)22(17-36)29-26(33)35-27(3,4)5/h2,7,9-16,22-23,36H,1,17H2,3-6H3,(H,28,31)(H,29,33). The highest BCUT2D eigenvalue weighted by Gasteiger charge is 2.35. The Morgan fingerprint density at radius 1 is 1.19 bits per heavy atom. The van der Waals surface area contributed by atoms with Gasteiger partial charge in [0.2, 0.25) is 0 Å². The number of amides is 3. The fraction of sp³-hybridized carbons (Fsp3) is 0.296. The van der Waals surface area contributed by atoms with Crippen LogP contribution in [0.2, 0.25) is 0 Å². The molecule has 8 nitrogen and oxygen atoms in total. The zero-order valence-corrected chi connectivity index (χ0v) is 21.7. The molecule has 2 rings (SSSR count). The zero-order valence-electron chi connectivity index (χ0n) is 20.8. The molecule has 190 valence electrons. The third-order valence-electron chi connectivity index (χ3n) is 4.87. The lowest BCUT2D eigenvalue weighted by Crippen LogP contribution is -2.51. The summed E-state index contributed by atoms with van der Waals surface area (Å²) < 4.78 is 10.4. The van der Waals surface area contributed by atoms with Crippen LogP contribution in [-0.4, -0.2) is 47.3 Å². The summed E-state index contributed by atoms with van der Waals surface area (Å²) in [5.74, 6) is -0.705. The van der Waals surface area contributed by atoms with Crippen molar-refractivity contribution in [3.63, 3.8) is 0 Å². The number of hydrogen-bond acceptors (Lipinski definition) is 6. The van der Waals surface area contributed by atoms with Gasteiger partial charge >= 0.3 is 6.09 Å². The molecule has 0 spiro atoms. The van der Waals surface area contributed by atoms with Gasteiger partial charge in [0.25, 0.3) is 11.8 Å². The van der Waals surface area contributed by atoms with Crippen molar-refractivity contribution in [3.05, 3.63) is 66.2 Å². The molecule has 0 fully saturated rings. The van der Waals surface area contributed by atoms with E-state index in [4.69, 9.17) is 15.9 Å². The maximum atomic E-state index is 13.5. The molecule has 0 aliphatic heterocycles. The highest BCUT2D eigenvalue weighted by atomic mass is 32.1. The van der Waals surface area contributed by atoms with Crippen molar-refractivity contribution in [1.29, 1.82) is 0 Å². The Morgan fingerprint density at radius 2 is 1.86 bits per heavy atom. The Bertz CT molecular complexity index is 1140. The van der Waals surface area contributed by atoms with Crippen LogP contribution in [0.5, 0.6) is 5.75 Å². The first-order chi connectivity index (χ1) is 17.0. The van der Waals surface area contributed by atoms with E-state index in [9.17, 15) is 14.4 Å². The third kappa shape index (κ3) is 7.82. The molecule has 0 aliphatic rings. The number of alkyl carbamates (subject to hydrolysis) is 1. The molecule has 0 saturated carbocycles. The maximum Gasteiger partial charge on any atom is 0.408 e. The van der Waals surface area contributed by atoms with Crippen LogP contribution >= 0.6 is 12.6 Å². The first-order valence-electron chi connectivity index (χ1n) is 11.1. The summed E-state index contributed by atoms with van der Waals surface area (Å²) in [5.41, 5.74) is 0.899. The van der Waals surface area contributed by atoms with Crippen LogP contribution in [0.15, 0.2) is 55.1 Å². The van der Waals surface area contributed by atoms with Gasteiger partial charge in [-0.2, -0.15) is 12.6 Å². The van der Waals surface area contributed by atoms with Crippen molar-refractivity contribution in [2.75, 3.05) is 18.2 Å². The summed E-state index contributed by atoms with van der Waals surface area (Å²) in [6.45, 7) is 8.85. The van der Waals surface area contributed by atoms with Gasteiger partial charge in [-0.05, 0) is 62.2 Å². The number of carbonyl (C=O) groups is 3. The van der Waals surface area contributed by atoms with Crippen molar-refractivity contribution in [3.8, 4) is 18.2 Å². The molecule has 2 aromatic carbocycles. The first kappa shape index (κ1) is 28.3. The molecule has 0 heterocycles. The van der Waals surface area contributed by atoms with Gasteiger partial charge in [-0.15, -0.1) is 0 Å².